The molecule has 0 bridgehead atoms. The lowest BCUT2D eigenvalue weighted by Gasteiger charge is -2.14. The van der Waals surface area contributed by atoms with Crippen LogP contribution in [0, 0.1) is 5.82 Å². The summed E-state index contributed by atoms with van der Waals surface area (Å²) >= 11 is 1.60. The first kappa shape index (κ1) is 18.2. The van der Waals surface area contributed by atoms with Crippen molar-refractivity contribution in [2.75, 3.05) is 24.2 Å². The van der Waals surface area contributed by atoms with Crippen molar-refractivity contribution in [2.24, 2.45) is 0 Å². The van der Waals surface area contributed by atoms with Crippen LogP contribution in [0.25, 0.3) is 11.3 Å². The molecule has 2 aromatic rings. The summed E-state index contributed by atoms with van der Waals surface area (Å²) in [5.41, 5.74) is 1.21. The lowest BCUT2D eigenvalue weighted by molar-refractivity contribution is -0.119. The van der Waals surface area contributed by atoms with Crippen LogP contribution in [-0.4, -0.2) is 42.4 Å². The van der Waals surface area contributed by atoms with E-state index in [2.05, 4.69) is 10.3 Å². The molecule has 2 amide bonds. The largest absolute Gasteiger partial charge is 0.442 e. The number of aromatic nitrogens is 1. The second-order valence-electron chi connectivity index (χ2n) is 5.81. The van der Waals surface area contributed by atoms with Crippen LogP contribution in [0.15, 0.2) is 41.4 Å². The number of carbonyl (C=O) groups is 2. The molecule has 1 aromatic carbocycles. The summed E-state index contributed by atoms with van der Waals surface area (Å²) in [7, 11) is 0. The molecule has 0 aliphatic carbocycles. The fraction of sp³-hybridized carbons (Fsp3) is 0.278. The molecule has 8 heteroatoms. The van der Waals surface area contributed by atoms with Crippen molar-refractivity contribution in [2.45, 2.75) is 17.9 Å². The molecule has 0 radical (unpaired) electrons. The Kier molecular flexibility index (Phi) is 5.41. The summed E-state index contributed by atoms with van der Waals surface area (Å²) < 4.78 is 19.7. The third-order valence-corrected chi connectivity index (χ3v) is 4.70. The zero-order chi connectivity index (χ0) is 18.7. The number of anilines is 1. The van der Waals surface area contributed by atoms with Gasteiger partial charge in [-0.3, -0.25) is 14.7 Å². The Morgan fingerprint density at radius 2 is 2.15 bits per heavy atom. The van der Waals surface area contributed by atoms with Crippen molar-refractivity contribution in [3.8, 4) is 11.3 Å². The monoisotopic (exact) mass is 375 g/mol. The number of carbonyl (C=O) groups excluding carboxylic acids is 2. The molecule has 3 rings (SSSR count). The zero-order valence-electron chi connectivity index (χ0n) is 14.4. The number of nitrogens with one attached hydrogen (secondary N) is 1. The van der Waals surface area contributed by atoms with Crippen LogP contribution in [0.3, 0.4) is 0 Å². The third kappa shape index (κ3) is 3.96. The summed E-state index contributed by atoms with van der Waals surface area (Å²) in [6.45, 7) is 1.83. The molecule has 1 fully saturated rings. The van der Waals surface area contributed by atoms with Crippen molar-refractivity contribution in [3.05, 3.63) is 42.3 Å². The van der Waals surface area contributed by atoms with E-state index >= 15 is 0 Å². The molecule has 1 aliphatic heterocycles. The molecule has 6 nitrogen and oxygen atoms in total. The number of hydrogen-bond donors (Lipinski definition) is 1. The average molecular weight is 375 g/mol. The number of halogens is 1. The van der Waals surface area contributed by atoms with E-state index in [1.807, 2.05) is 30.5 Å². The van der Waals surface area contributed by atoms with E-state index in [0.29, 0.717) is 11.3 Å². The van der Waals surface area contributed by atoms with Gasteiger partial charge in [-0.05, 0) is 18.4 Å². The first-order valence-corrected chi connectivity index (χ1v) is 9.23. The molecule has 0 spiro atoms. The highest BCUT2D eigenvalue weighted by molar-refractivity contribution is 7.98. The predicted molar refractivity (Wildman–Crippen MR) is 97.7 cm³/mol. The Morgan fingerprint density at radius 1 is 1.42 bits per heavy atom. The van der Waals surface area contributed by atoms with Gasteiger partial charge >= 0.3 is 6.09 Å². The number of cyclic esters (lactones) is 1. The summed E-state index contributed by atoms with van der Waals surface area (Å²) in [6.07, 6.45) is 2.35. The van der Waals surface area contributed by atoms with Crippen molar-refractivity contribution in [1.29, 1.82) is 0 Å². The fourth-order valence-electron chi connectivity index (χ4n) is 2.63. The first-order chi connectivity index (χ1) is 12.5. The SMILES string of the molecule is CSc1ccc(-c2ncc(N3C[C@@H](CNC(C)=O)OC3=O)cc2F)cc1. The molecule has 1 N–H and O–H groups in total. The van der Waals surface area contributed by atoms with E-state index in [4.69, 9.17) is 4.74 Å². The van der Waals surface area contributed by atoms with Crippen molar-refractivity contribution >= 4 is 29.4 Å². The maximum absolute atomic E-state index is 14.5. The Balaban J connectivity index is 1.76. The van der Waals surface area contributed by atoms with Crippen LogP contribution in [0.1, 0.15) is 6.92 Å². The van der Waals surface area contributed by atoms with Crippen LogP contribution in [0.4, 0.5) is 14.9 Å². The number of ether oxygens (including phenoxy) is 1. The average Bonchev–Trinajstić information content (AvgIpc) is 3.01. The minimum absolute atomic E-state index is 0.205. The summed E-state index contributed by atoms with van der Waals surface area (Å²) in [5.74, 6) is -0.721. The molecular weight excluding hydrogens is 357 g/mol. The van der Waals surface area contributed by atoms with E-state index in [9.17, 15) is 14.0 Å². The second-order valence-corrected chi connectivity index (χ2v) is 6.69. The van der Waals surface area contributed by atoms with Gasteiger partial charge in [-0.15, -0.1) is 11.8 Å². The number of nitrogens with zero attached hydrogens (tertiary/aromatic N) is 2. The van der Waals surface area contributed by atoms with Gasteiger partial charge in [-0.25, -0.2) is 9.18 Å². The fourth-order valence-corrected chi connectivity index (χ4v) is 3.04. The predicted octanol–water partition coefficient (Wildman–Crippen LogP) is 3.07. The Bertz CT molecular complexity index is 829. The van der Waals surface area contributed by atoms with Gasteiger partial charge in [0.15, 0.2) is 5.82 Å². The van der Waals surface area contributed by atoms with Crippen LogP contribution in [-0.2, 0) is 9.53 Å². The Hall–Kier alpha value is -2.61. The number of benzene rings is 1. The molecule has 1 saturated heterocycles. The van der Waals surface area contributed by atoms with Crippen LogP contribution < -0.4 is 10.2 Å². The molecule has 1 atom stereocenters. The van der Waals surface area contributed by atoms with Gasteiger partial charge in [0.1, 0.15) is 11.8 Å². The number of rotatable bonds is 5. The summed E-state index contributed by atoms with van der Waals surface area (Å²) in [4.78, 5) is 29.5. The van der Waals surface area contributed by atoms with Crippen LogP contribution >= 0.6 is 11.8 Å². The molecular formula is C18H18FN3O3S. The van der Waals surface area contributed by atoms with Crippen LogP contribution in [0.2, 0.25) is 0 Å². The van der Waals surface area contributed by atoms with Gasteiger partial charge < -0.3 is 10.1 Å². The summed E-state index contributed by atoms with van der Waals surface area (Å²) in [6, 6.07) is 8.70. The number of thioether (sulfide) groups is 1. The molecule has 26 heavy (non-hydrogen) atoms. The van der Waals surface area contributed by atoms with Crippen molar-refractivity contribution < 1.29 is 18.7 Å². The lowest BCUT2D eigenvalue weighted by atomic mass is 10.1. The maximum Gasteiger partial charge on any atom is 0.414 e. The molecule has 2 heterocycles. The van der Waals surface area contributed by atoms with Crippen molar-refractivity contribution in [1.82, 2.24) is 10.3 Å². The zero-order valence-corrected chi connectivity index (χ0v) is 15.2. The maximum atomic E-state index is 14.5. The Labute approximate surface area is 154 Å². The smallest absolute Gasteiger partial charge is 0.414 e. The lowest BCUT2D eigenvalue weighted by Crippen LogP contribution is -2.33. The highest BCUT2D eigenvalue weighted by Crippen LogP contribution is 2.28. The Morgan fingerprint density at radius 3 is 2.77 bits per heavy atom. The van der Waals surface area contributed by atoms with E-state index in [0.717, 1.165) is 4.90 Å². The van der Waals surface area contributed by atoms with Gasteiger partial charge in [-0.1, -0.05) is 12.1 Å². The summed E-state index contributed by atoms with van der Waals surface area (Å²) in [5, 5.41) is 2.60. The molecule has 0 saturated carbocycles. The van der Waals surface area contributed by atoms with E-state index < -0.39 is 18.0 Å². The minimum Gasteiger partial charge on any atom is -0.442 e. The topological polar surface area (TPSA) is 71.5 Å². The standard InChI is InChI=1S/C18H18FN3O3S/c1-11(23)20-9-14-10-22(18(24)25-14)13-7-16(19)17(21-8-13)12-3-5-15(26-2)6-4-12/h3-8,14H,9-10H2,1-2H3,(H,20,23)/t14-/m1/s1. The number of pyridine rings is 1. The van der Waals surface area contributed by atoms with Gasteiger partial charge in [0, 0.05) is 23.4 Å². The molecule has 136 valence electrons. The van der Waals surface area contributed by atoms with Gasteiger partial charge in [-0.2, -0.15) is 0 Å². The minimum atomic E-state index is -0.585. The second kappa shape index (κ2) is 7.74. The van der Waals surface area contributed by atoms with E-state index in [1.54, 1.807) is 11.8 Å². The number of hydrogen-bond acceptors (Lipinski definition) is 5. The van der Waals surface area contributed by atoms with Gasteiger partial charge in [0.25, 0.3) is 0 Å². The van der Waals surface area contributed by atoms with Gasteiger partial charge in [0.2, 0.25) is 5.91 Å². The van der Waals surface area contributed by atoms with E-state index in [1.165, 1.54) is 24.1 Å². The van der Waals surface area contributed by atoms with Crippen LogP contribution in [0.5, 0.6) is 0 Å². The molecule has 1 aliphatic rings. The van der Waals surface area contributed by atoms with Crippen molar-refractivity contribution in [3.63, 3.8) is 0 Å². The quantitative estimate of drug-likeness (QED) is 0.814. The van der Waals surface area contributed by atoms with Gasteiger partial charge in [0.05, 0.1) is 25.0 Å². The number of amides is 2. The molecule has 1 aromatic heterocycles. The first-order valence-electron chi connectivity index (χ1n) is 8.00. The normalized spacial score (nSPS) is 16.5. The highest BCUT2D eigenvalue weighted by atomic mass is 32.2. The van der Waals surface area contributed by atoms with E-state index in [-0.39, 0.29) is 24.7 Å². The third-order valence-electron chi connectivity index (χ3n) is 3.95. The molecule has 0 unspecified atom stereocenters. The highest BCUT2D eigenvalue weighted by Gasteiger charge is 2.33.